The zero-order valence-corrected chi connectivity index (χ0v) is 11.2. The molecule has 2 aromatic rings. The molecule has 2 N–H and O–H groups in total. The first-order valence-corrected chi connectivity index (χ1v) is 5.97. The number of carbonyl (C=O) groups is 2. The maximum atomic E-state index is 12.5. The summed E-state index contributed by atoms with van der Waals surface area (Å²) in [6.07, 6.45) is 1.63. The largest absolute Gasteiger partial charge is 0.481 e. The van der Waals surface area contributed by atoms with Gasteiger partial charge < -0.3 is 14.7 Å². The first-order valence-electron chi connectivity index (χ1n) is 5.97. The standard InChI is InChI=1S/C14H16N2O3/c1-8-4-5-15-12(8)14(19)13-9(2)6-10(16(13)3)7-11(17)18/h4-6,15H,7H2,1-3H3,(H,17,18). The Morgan fingerprint density at radius 3 is 2.53 bits per heavy atom. The lowest BCUT2D eigenvalue weighted by Crippen LogP contribution is -2.13. The highest BCUT2D eigenvalue weighted by atomic mass is 16.4. The van der Waals surface area contributed by atoms with Gasteiger partial charge in [-0.05, 0) is 37.1 Å². The maximum Gasteiger partial charge on any atom is 0.309 e. The van der Waals surface area contributed by atoms with E-state index in [4.69, 9.17) is 5.11 Å². The van der Waals surface area contributed by atoms with Gasteiger partial charge in [0.1, 0.15) is 0 Å². The van der Waals surface area contributed by atoms with Gasteiger partial charge in [0.05, 0.1) is 17.8 Å². The van der Waals surface area contributed by atoms with E-state index in [-0.39, 0.29) is 12.2 Å². The van der Waals surface area contributed by atoms with E-state index in [1.165, 1.54) is 0 Å². The van der Waals surface area contributed by atoms with Crippen LogP contribution in [0.2, 0.25) is 0 Å². The molecular formula is C14H16N2O3. The number of hydrogen-bond donors (Lipinski definition) is 2. The summed E-state index contributed by atoms with van der Waals surface area (Å²) in [4.78, 5) is 26.2. The second-order valence-corrected chi connectivity index (χ2v) is 4.66. The molecule has 19 heavy (non-hydrogen) atoms. The van der Waals surface area contributed by atoms with Crippen molar-refractivity contribution in [2.75, 3.05) is 0 Å². The molecule has 2 rings (SSSR count). The second-order valence-electron chi connectivity index (χ2n) is 4.66. The molecule has 0 bridgehead atoms. The maximum absolute atomic E-state index is 12.5. The van der Waals surface area contributed by atoms with Crippen LogP contribution in [0.5, 0.6) is 0 Å². The zero-order valence-electron chi connectivity index (χ0n) is 11.2. The second kappa shape index (κ2) is 4.76. The van der Waals surface area contributed by atoms with Crippen molar-refractivity contribution >= 4 is 11.8 Å². The highest BCUT2D eigenvalue weighted by Gasteiger charge is 2.21. The molecule has 2 aromatic heterocycles. The minimum atomic E-state index is -0.907. The van der Waals surface area contributed by atoms with Crippen LogP contribution in [0.1, 0.15) is 33.0 Å². The first kappa shape index (κ1) is 13.1. The van der Waals surface area contributed by atoms with E-state index in [0.717, 1.165) is 11.1 Å². The molecule has 0 spiro atoms. The van der Waals surface area contributed by atoms with Gasteiger partial charge in [0.25, 0.3) is 0 Å². The van der Waals surface area contributed by atoms with Crippen LogP contribution < -0.4 is 0 Å². The van der Waals surface area contributed by atoms with Crippen molar-refractivity contribution in [1.82, 2.24) is 9.55 Å². The van der Waals surface area contributed by atoms with Crippen molar-refractivity contribution in [1.29, 1.82) is 0 Å². The van der Waals surface area contributed by atoms with Crippen LogP contribution in [0.25, 0.3) is 0 Å². The number of aryl methyl sites for hydroxylation is 2. The lowest BCUT2D eigenvalue weighted by atomic mass is 10.1. The molecule has 0 unspecified atom stereocenters. The van der Waals surface area contributed by atoms with Crippen LogP contribution >= 0.6 is 0 Å². The number of hydrogen-bond acceptors (Lipinski definition) is 2. The third kappa shape index (κ3) is 2.31. The van der Waals surface area contributed by atoms with Crippen LogP contribution in [-0.2, 0) is 18.3 Å². The molecule has 0 aliphatic heterocycles. The number of aliphatic carboxylic acids is 1. The molecule has 5 nitrogen and oxygen atoms in total. The normalized spacial score (nSPS) is 10.7. The number of carbonyl (C=O) groups excluding carboxylic acids is 1. The average Bonchev–Trinajstić information content (AvgIpc) is 2.83. The Labute approximate surface area is 110 Å². The van der Waals surface area contributed by atoms with Crippen molar-refractivity contribution in [2.45, 2.75) is 20.3 Å². The predicted molar refractivity (Wildman–Crippen MR) is 70.5 cm³/mol. The van der Waals surface area contributed by atoms with E-state index in [1.807, 2.05) is 19.9 Å². The van der Waals surface area contributed by atoms with E-state index in [1.54, 1.807) is 23.9 Å². The Morgan fingerprint density at radius 1 is 1.32 bits per heavy atom. The van der Waals surface area contributed by atoms with Crippen LogP contribution in [0.4, 0.5) is 0 Å². The molecule has 0 aromatic carbocycles. The van der Waals surface area contributed by atoms with E-state index >= 15 is 0 Å². The minimum Gasteiger partial charge on any atom is -0.481 e. The molecule has 0 atom stereocenters. The monoisotopic (exact) mass is 260 g/mol. The van der Waals surface area contributed by atoms with Crippen LogP contribution in [0.3, 0.4) is 0 Å². The van der Waals surface area contributed by atoms with Crippen molar-refractivity contribution in [3.8, 4) is 0 Å². The molecule has 100 valence electrons. The Kier molecular flexibility index (Phi) is 3.29. The molecule has 0 radical (unpaired) electrons. The number of H-pyrrole nitrogens is 1. The van der Waals surface area contributed by atoms with Crippen LogP contribution in [0.15, 0.2) is 18.3 Å². The fourth-order valence-electron chi connectivity index (χ4n) is 2.29. The number of nitrogens with zero attached hydrogens (tertiary/aromatic N) is 1. The zero-order chi connectivity index (χ0) is 14.2. The highest BCUT2D eigenvalue weighted by molar-refractivity contribution is 6.08. The van der Waals surface area contributed by atoms with Crippen molar-refractivity contribution in [3.05, 3.63) is 46.5 Å². The SMILES string of the molecule is Cc1cc[nH]c1C(=O)c1c(C)cc(CC(=O)O)n1C. The summed E-state index contributed by atoms with van der Waals surface area (Å²) in [5, 5.41) is 8.85. The van der Waals surface area contributed by atoms with Crippen molar-refractivity contribution < 1.29 is 14.7 Å². The van der Waals surface area contributed by atoms with E-state index in [2.05, 4.69) is 4.98 Å². The average molecular weight is 260 g/mol. The van der Waals surface area contributed by atoms with Crippen LogP contribution in [0, 0.1) is 13.8 Å². The Bertz CT molecular complexity index is 650. The molecule has 0 amide bonds. The van der Waals surface area contributed by atoms with Gasteiger partial charge in [-0.15, -0.1) is 0 Å². The third-order valence-corrected chi connectivity index (χ3v) is 3.25. The summed E-state index contributed by atoms with van der Waals surface area (Å²) in [7, 11) is 1.72. The Morgan fingerprint density at radius 2 is 2.00 bits per heavy atom. The predicted octanol–water partition coefficient (Wildman–Crippen LogP) is 1.83. The number of aromatic nitrogens is 2. The van der Waals surface area contributed by atoms with Gasteiger partial charge in [0.2, 0.25) is 5.78 Å². The summed E-state index contributed by atoms with van der Waals surface area (Å²) in [5.74, 6) is -1.02. The van der Waals surface area contributed by atoms with Gasteiger partial charge in [-0.25, -0.2) is 0 Å². The molecule has 0 saturated heterocycles. The molecular weight excluding hydrogens is 244 g/mol. The number of ketones is 1. The molecule has 5 heteroatoms. The summed E-state index contributed by atoms with van der Waals surface area (Å²) >= 11 is 0. The lowest BCUT2D eigenvalue weighted by molar-refractivity contribution is -0.136. The van der Waals surface area contributed by atoms with Gasteiger partial charge in [0.15, 0.2) is 0 Å². The van der Waals surface area contributed by atoms with Gasteiger partial charge in [-0.2, -0.15) is 0 Å². The number of rotatable bonds is 4. The fraction of sp³-hybridized carbons (Fsp3) is 0.286. The minimum absolute atomic E-state index is 0.0890. The number of carboxylic acid groups (broad SMARTS) is 1. The summed E-state index contributed by atoms with van der Waals surface area (Å²) in [6, 6.07) is 3.59. The van der Waals surface area contributed by atoms with Gasteiger partial charge in [0, 0.05) is 18.9 Å². The summed E-state index contributed by atoms with van der Waals surface area (Å²) < 4.78 is 1.66. The highest BCUT2D eigenvalue weighted by Crippen LogP contribution is 2.19. The Hall–Kier alpha value is -2.30. The smallest absolute Gasteiger partial charge is 0.309 e. The molecule has 0 aliphatic carbocycles. The summed E-state index contributed by atoms with van der Waals surface area (Å²) in [5.41, 5.74) is 3.37. The summed E-state index contributed by atoms with van der Waals surface area (Å²) in [6.45, 7) is 3.68. The number of aromatic amines is 1. The number of nitrogens with one attached hydrogen (secondary N) is 1. The topological polar surface area (TPSA) is 75.1 Å². The quantitative estimate of drug-likeness (QED) is 0.823. The molecule has 0 saturated carbocycles. The van der Waals surface area contributed by atoms with E-state index in [9.17, 15) is 9.59 Å². The van der Waals surface area contributed by atoms with E-state index < -0.39 is 5.97 Å². The third-order valence-electron chi connectivity index (χ3n) is 3.25. The van der Waals surface area contributed by atoms with Crippen molar-refractivity contribution in [3.63, 3.8) is 0 Å². The molecule has 0 fully saturated rings. The first-order chi connectivity index (χ1) is 8.91. The van der Waals surface area contributed by atoms with Gasteiger partial charge >= 0.3 is 5.97 Å². The Balaban J connectivity index is 2.46. The molecule has 0 aliphatic rings. The fourth-order valence-corrected chi connectivity index (χ4v) is 2.29. The van der Waals surface area contributed by atoms with Gasteiger partial charge in [-0.3, -0.25) is 9.59 Å². The van der Waals surface area contributed by atoms with Gasteiger partial charge in [-0.1, -0.05) is 0 Å². The van der Waals surface area contributed by atoms with Crippen LogP contribution in [-0.4, -0.2) is 26.4 Å². The molecule has 2 heterocycles. The van der Waals surface area contributed by atoms with E-state index in [0.29, 0.717) is 17.1 Å². The van der Waals surface area contributed by atoms with Crippen molar-refractivity contribution in [2.24, 2.45) is 7.05 Å². The lowest BCUT2D eigenvalue weighted by Gasteiger charge is -2.06. The number of carboxylic acids is 1.